The summed E-state index contributed by atoms with van der Waals surface area (Å²) in [6, 6.07) is 8.77. The van der Waals surface area contributed by atoms with E-state index in [1.165, 1.54) is 4.90 Å². The maximum Gasteiger partial charge on any atom is 0.411 e. The number of rotatable bonds is 4. The van der Waals surface area contributed by atoms with Crippen molar-refractivity contribution in [1.82, 2.24) is 4.90 Å². The second kappa shape index (κ2) is 6.92. The predicted octanol–water partition coefficient (Wildman–Crippen LogP) is 2.52. The van der Waals surface area contributed by atoms with Crippen molar-refractivity contribution >= 4 is 12.1 Å². The molecule has 1 aromatic carbocycles. The van der Waals surface area contributed by atoms with Crippen molar-refractivity contribution in [3.63, 3.8) is 0 Å². The Balaban J connectivity index is 1.96. The third-order valence-corrected chi connectivity index (χ3v) is 3.25. The van der Waals surface area contributed by atoms with E-state index in [9.17, 15) is 9.59 Å². The number of likely N-dealkylation sites (tertiary alicyclic amines) is 1. The molecule has 0 radical (unpaired) electrons. The third kappa shape index (κ3) is 3.84. The molecule has 2 rings (SSSR count). The maximum absolute atomic E-state index is 12.1. The lowest BCUT2D eigenvalue weighted by atomic mass is 10.2. The van der Waals surface area contributed by atoms with Gasteiger partial charge in [-0.05, 0) is 12.5 Å². The van der Waals surface area contributed by atoms with E-state index in [1.54, 1.807) is 6.92 Å². The summed E-state index contributed by atoms with van der Waals surface area (Å²) in [5, 5.41) is 0. The molecule has 1 fully saturated rings. The molecule has 0 bridgehead atoms. The number of nitrogens with zero attached hydrogens (tertiary/aromatic N) is 1. The minimum atomic E-state index is -0.624. The molecular formula is C16H19NO4. The molecule has 0 saturated carbocycles. The summed E-state index contributed by atoms with van der Waals surface area (Å²) in [5.41, 5.74) is 1.72. The maximum atomic E-state index is 12.1. The zero-order valence-corrected chi connectivity index (χ0v) is 12.1. The molecule has 1 aliphatic heterocycles. The Bertz CT molecular complexity index is 526. The van der Waals surface area contributed by atoms with Crippen molar-refractivity contribution in [3.8, 4) is 0 Å². The molecule has 0 aliphatic carbocycles. The van der Waals surface area contributed by atoms with Gasteiger partial charge in [-0.1, -0.05) is 42.5 Å². The van der Waals surface area contributed by atoms with Crippen molar-refractivity contribution in [3.05, 3.63) is 48.0 Å². The lowest BCUT2D eigenvalue weighted by Crippen LogP contribution is -2.41. The van der Waals surface area contributed by atoms with Crippen LogP contribution in [0.3, 0.4) is 0 Å². The van der Waals surface area contributed by atoms with Crippen LogP contribution in [0.15, 0.2) is 42.5 Å². The molecule has 1 aliphatic rings. The molecule has 5 nitrogen and oxygen atoms in total. The van der Waals surface area contributed by atoms with E-state index in [-0.39, 0.29) is 13.2 Å². The predicted molar refractivity (Wildman–Crippen MR) is 77.5 cm³/mol. The van der Waals surface area contributed by atoms with Gasteiger partial charge in [0.25, 0.3) is 0 Å². The minimum Gasteiger partial charge on any atom is -0.464 e. The quantitative estimate of drug-likeness (QED) is 0.631. The van der Waals surface area contributed by atoms with Crippen LogP contribution in [-0.2, 0) is 20.9 Å². The van der Waals surface area contributed by atoms with Crippen molar-refractivity contribution in [2.75, 3.05) is 13.2 Å². The Hall–Kier alpha value is -2.30. The molecular weight excluding hydrogens is 270 g/mol. The first-order chi connectivity index (χ1) is 10.1. The minimum absolute atomic E-state index is 0.179. The third-order valence-electron chi connectivity index (χ3n) is 3.25. The average molecular weight is 289 g/mol. The fraction of sp³-hybridized carbons (Fsp3) is 0.375. The van der Waals surface area contributed by atoms with Crippen molar-refractivity contribution in [2.45, 2.75) is 26.0 Å². The summed E-state index contributed by atoms with van der Waals surface area (Å²) in [7, 11) is 0. The Morgan fingerprint density at radius 2 is 2.00 bits per heavy atom. The van der Waals surface area contributed by atoms with E-state index >= 15 is 0 Å². The molecule has 112 valence electrons. The number of amides is 1. The van der Waals surface area contributed by atoms with Crippen LogP contribution in [0.4, 0.5) is 4.79 Å². The fourth-order valence-corrected chi connectivity index (χ4v) is 2.24. The summed E-state index contributed by atoms with van der Waals surface area (Å²) < 4.78 is 10.2. The lowest BCUT2D eigenvalue weighted by molar-refractivity contribution is -0.147. The zero-order chi connectivity index (χ0) is 15.2. The van der Waals surface area contributed by atoms with E-state index < -0.39 is 18.1 Å². The van der Waals surface area contributed by atoms with Crippen LogP contribution in [0.25, 0.3) is 0 Å². The molecule has 1 saturated heterocycles. The van der Waals surface area contributed by atoms with Crippen LogP contribution in [-0.4, -0.2) is 36.2 Å². The van der Waals surface area contributed by atoms with E-state index in [1.807, 2.05) is 30.3 Å². The van der Waals surface area contributed by atoms with E-state index in [2.05, 4.69) is 6.58 Å². The fourth-order valence-electron chi connectivity index (χ4n) is 2.24. The largest absolute Gasteiger partial charge is 0.464 e. The van der Waals surface area contributed by atoms with Crippen LogP contribution in [0.1, 0.15) is 18.9 Å². The van der Waals surface area contributed by atoms with Gasteiger partial charge in [0.2, 0.25) is 0 Å². The second-order valence-corrected chi connectivity index (χ2v) is 4.89. The number of ether oxygens (including phenoxy) is 2. The molecule has 0 aromatic heterocycles. The number of hydrogen-bond donors (Lipinski definition) is 0. The van der Waals surface area contributed by atoms with Crippen molar-refractivity contribution in [2.24, 2.45) is 0 Å². The molecule has 1 unspecified atom stereocenters. The Labute approximate surface area is 124 Å². The Morgan fingerprint density at radius 1 is 1.29 bits per heavy atom. The molecule has 1 aromatic rings. The molecule has 1 atom stereocenters. The van der Waals surface area contributed by atoms with E-state index in [0.29, 0.717) is 13.0 Å². The van der Waals surface area contributed by atoms with Crippen molar-refractivity contribution < 1.29 is 19.1 Å². The van der Waals surface area contributed by atoms with Crippen LogP contribution >= 0.6 is 0 Å². The first-order valence-electron chi connectivity index (χ1n) is 6.92. The zero-order valence-electron chi connectivity index (χ0n) is 12.1. The highest BCUT2D eigenvalue weighted by Crippen LogP contribution is 2.23. The summed E-state index contributed by atoms with van der Waals surface area (Å²) in [6.45, 7) is 6.37. The lowest BCUT2D eigenvalue weighted by Gasteiger charge is -2.22. The van der Waals surface area contributed by atoms with Gasteiger partial charge in [-0.3, -0.25) is 4.90 Å². The first kappa shape index (κ1) is 15.1. The van der Waals surface area contributed by atoms with Gasteiger partial charge in [0.15, 0.2) is 0 Å². The number of benzene rings is 1. The SMILES string of the molecule is C=C1CC(C(=O)OCC)N(C(=O)OCc2ccccc2)C1. The number of esters is 1. The normalized spacial score (nSPS) is 17.7. The second-order valence-electron chi connectivity index (χ2n) is 4.89. The first-order valence-corrected chi connectivity index (χ1v) is 6.92. The summed E-state index contributed by atoms with van der Waals surface area (Å²) >= 11 is 0. The van der Waals surface area contributed by atoms with Gasteiger partial charge in [0.05, 0.1) is 6.61 Å². The topological polar surface area (TPSA) is 55.8 Å². The van der Waals surface area contributed by atoms with Gasteiger partial charge in [-0.25, -0.2) is 9.59 Å². The highest BCUT2D eigenvalue weighted by atomic mass is 16.6. The highest BCUT2D eigenvalue weighted by Gasteiger charge is 2.37. The smallest absolute Gasteiger partial charge is 0.411 e. The number of hydrogen-bond acceptors (Lipinski definition) is 4. The summed E-state index contributed by atoms with van der Waals surface area (Å²) in [4.78, 5) is 25.4. The standard InChI is InChI=1S/C16H19NO4/c1-3-20-15(18)14-9-12(2)10-17(14)16(19)21-11-13-7-5-4-6-8-13/h4-8,14H,2-3,9-11H2,1H3. The van der Waals surface area contributed by atoms with Gasteiger partial charge in [0, 0.05) is 13.0 Å². The molecule has 1 amide bonds. The van der Waals surface area contributed by atoms with Gasteiger partial charge < -0.3 is 9.47 Å². The van der Waals surface area contributed by atoms with Crippen molar-refractivity contribution in [1.29, 1.82) is 0 Å². The van der Waals surface area contributed by atoms with Gasteiger partial charge >= 0.3 is 12.1 Å². The molecule has 1 heterocycles. The molecule has 0 N–H and O–H groups in total. The summed E-state index contributed by atoms with van der Waals surface area (Å²) in [6.07, 6.45) is -0.0882. The monoisotopic (exact) mass is 289 g/mol. The van der Waals surface area contributed by atoms with E-state index in [4.69, 9.17) is 9.47 Å². The molecule has 0 spiro atoms. The Kier molecular flexibility index (Phi) is 4.98. The van der Waals surface area contributed by atoms with Gasteiger partial charge in [-0.15, -0.1) is 0 Å². The number of carbonyl (C=O) groups excluding carboxylic acids is 2. The highest BCUT2D eigenvalue weighted by molar-refractivity contribution is 5.83. The average Bonchev–Trinajstić information content (AvgIpc) is 2.88. The molecule has 5 heteroatoms. The van der Waals surface area contributed by atoms with Gasteiger partial charge in [0.1, 0.15) is 12.6 Å². The molecule has 21 heavy (non-hydrogen) atoms. The number of carbonyl (C=O) groups is 2. The van der Waals surface area contributed by atoms with Crippen LogP contribution in [0.5, 0.6) is 0 Å². The van der Waals surface area contributed by atoms with Gasteiger partial charge in [-0.2, -0.15) is 0 Å². The van der Waals surface area contributed by atoms with Crippen LogP contribution in [0, 0.1) is 0 Å². The Morgan fingerprint density at radius 3 is 2.67 bits per heavy atom. The van der Waals surface area contributed by atoms with E-state index in [0.717, 1.165) is 11.1 Å². The van der Waals surface area contributed by atoms with Crippen LogP contribution in [0.2, 0.25) is 0 Å². The van der Waals surface area contributed by atoms with Crippen LogP contribution < -0.4 is 0 Å². The summed E-state index contributed by atoms with van der Waals surface area (Å²) in [5.74, 6) is -0.409.